The van der Waals surface area contributed by atoms with Crippen LogP contribution in [0.5, 0.6) is 0 Å². The number of rotatable bonds is 7. The SMILES string of the molecule is CC(=O)N1CCC[C@H](NCS(C)(C)C)[C@@H]1COC1CCC(c2ccccc2C)CC1. The van der Waals surface area contributed by atoms with Gasteiger partial charge in [-0.15, -0.1) is 0 Å². The van der Waals surface area contributed by atoms with Crippen LogP contribution in [-0.2, 0) is 9.53 Å². The molecule has 2 aliphatic rings. The van der Waals surface area contributed by atoms with Gasteiger partial charge in [-0.3, -0.25) is 4.79 Å². The summed E-state index contributed by atoms with van der Waals surface area (Å²) in [5.74, 6) is 1.89. The number of ether oxygens (including phenoxy) is 1. The lowest BCUT2D eigenvalue weighted by Gasteiger charge is -2.43. The first-order valence-electron chi connectivity index (χ1n) is 11.6. The van der Waals surface area contributed by atoms with Gasteiger partial charge in [-0.2, -0.15) is 0 Å². The third-order valence-corrected chi connectivity index (χ3v) is 7.80. The van der Waals surface area contributed by atoms with Gasteiger partial charge in [-0.25, -0.2) is 10.0 Å². The summed E-state index contributed by atoms with van der Waals surface area (Å²) in [5.41, 5.74) is 2.93. The smallest absolute Gasteiger partial charge is 0.219 e. The van der Waals surface area contributed by atoms with E-state index < -0.39 is 10.0 Å². The van der Waals surface area contributed by atoms with Crippen molar-refractivity contribution in [1.29, 1.82) is 0 Å². The molecule has 1 saturated heterocycles. The predicted molar refractivity (Wildman–Crippen MR) is 130 cm³/mol. The average Bonchev–Trinajstić information content (AvgIpc) is 2.71. The Hall–Kier alpha value is -1.04. The minimum Gasteiger partial charge on any atom is -0.376 e. The molecule has 1 amide bonds. The maximum absolute atomic E-state index is 12.3. The van der Waals surface area contributed by atoms with Gasteiger partial charge in [0, 0.05) is 25.4 Å². The molecule has 1 saturated carbocycles. The summed E-state index contributed by atoms with van der Waals surface area (Å²) in [6.07, 6.45) is 14.2. The highest BCUT2D eigenvalue weighted by molar-refractivity contribution is 8.32. The first kappa shape index (κ1) is 23.6. The van der Waals surface area contributed by atoms with Crippen LogP contribution < -0.4 is 5.32 Å². The lowest BCUT2D eigenvalue weighted by atomic mass is 9.81. The molecule has 1 aromatic rings. The molecule has 1 N–H and O–H groups in total. The van der Waals surface area contributed by atoms with Gasteiger partial charge in [-0.1, -0.05) is 24.3 Å². The van der Waals surface area contributed by atoms with Crippen LogP contribution in [-0.4, -0.2) is 66.8 Å². The zero-order valence-electron chi connectivity index (χ0n) is 19.7. The molecular weight excluding hydrogens is 392 g/mol. The highest BCUT2D eigenvalue weighted by Gasteiger charge is 2.34. The third kappa shape index (κ3) is 6.48. The molecule has 0 bridgehead atoms. The second kappa shape index (κ2) is 10.5. The van der Waals surface area contributed by atoms with Crippen LogP contribution in [0.15, 0.2) is 24.3 Å². The summed E-state index contributed by atoms with van der Waals surface area (Å²) in [4.78, 5) is 14.3. The summed E-state index contributed by atoms with van der Waals surface area (Å²) < 4.78 is 6.45. The van der Waals surface area contributed by atoms with Crippen LogP contribution >= 0.6 is 10.0 Å². The van der Waals surface area contributed by atoms with Crippen molar-refractivity contribution in [2.45, 2.75) is 76.5 Å². The summed E-state index contributed by atoms with van der Waals surface area (Å²) in [6, 6.07) is 9.32. The molecule has 4 nitrogen and oxygen atoms in total. The second-order valence-corrected chi connectivity index (χ2v) is 14.6. The van der Waals surface area contributed by atoms with E-state index in [4.69, 9.17) is 4.74 Å². The fourth-order valence-corrected chi connectivity index (χ4v) is 5.78. The summed E-state index contributed by atoms with van der Waals surface area (Å²) in [7, 11) is -0.612. The van der Waals surface area contributed by atoms with E-state index in [1.54, 1.807) is 6.92 Å². The summed E-state index contributed by atoms with van der Waals surface area (Å²) >= 11 is 0. The number of benzene rings is 1. The normalized spacial score (nSPS) is 28.4. The van der Waals surface area contributed by atoms with Gasteiger partial charge in [0.25, 0.3) is 0 Å². The number of nitrogens with zero attached hydrogens (tertiary/aromatic N) is 1. The molecule has 1 aromatic carbocycles. The Bertz CT molecular complexity index is 695. The number of carbonyl (C=O) groups is 1. The fourth-order valence-electron chi connectivity index (χ4n) is 5.07. The van der Waals surface area contributed by atoms with Crippen LogP contribution in [0.1, 0.15) is 62.5 Å². The van der Waals surface area contributed by atoms with E-state index in [1.807, 2.05) is 0 Å². The van der Waals surface area contributed by atoms with Crippen molar-refractivity contribution < 1.29 is 9.53 Å². The molecule has 1 aliphatic heterocycles. The summed E-state index contributed by atoms with van der Waals surface area (Å²) in [6.45, 7) is 5.46. The largest absolute Gasteiger partial charge is 0.376 e. The zero-order valence-corrected chi connectivity index (χ0v) is 20.5. The Labute approximate surface area is 185 Å². The first-order chi connectivity index (χ1) is 14.2. The maximum atomic E-state index is 12.3. The van der Waals surface area contributed by atoms with Gasteiger partial charge < -0.3 is 15.0 Å². The van der Waals surface area contributed by atoms with Crippen molar-refractivity contribution in [3.05, 3.63) is 35.4 Å². The molecule has 0 unspecified atom stereocenters. The van der Waals surface area contributed by atoms with Crippen LogP contribution in [0.3, 0.4) is 0 Å². The Morgan fingerprint density at radius 2 is 1.83 bits per heavy atom. The molecule has 3 rings (SSSR count). The number of piperidine rings is 1. The zero-order chi connectivity index (χ0) is 21.7. The maximum Gasteiger partial charge on any atom is 0.219 e. The van der Waals surface area contributed by atoms with Gasteiger partial charge in [0.05, 0.1) is 18.8 Å². The quantitative estimate of drug-likeness (QED) is 0.679. The predicted octanol–water partition coefficient (Wildman–Crippen LogP) is 4.66. The molecule has 0 aromatic heterocycles. The van der Waals surface area contributed by atoms with E-state index in [0.717, 1.165) is 38.1 Å². The van der Waals surface area contributed by atoms with Gasteiger partial charge in [-0.05, 0) is 81.3 Å². The minimum atomic E-state index is -0.612. The fraction of sp³-hybridized carbons (Fsp3) is 0.720. The number of carbonyl (C=O) groups excluding carboxylic acids is 1. The molecule has 0 spiro atoms. The number of likely N-dealkylation sites (tertiary alicyclic amines) is 1. The van der Waals surface area contributed by atoms with Crippen molar-refractivity contribution in [3.63, 3.8) is 0 Å². The minimum absolute atomic E-state index is 0.159. The van der Waals surface area contributed by atoms with Gasteiger partial charge in [0.2, 0.25) is 5.91 Å². The van der Waals surface area contributed by atoms with Gasteiger partial charge in [0.15, 0.2) is 0 Å². The van der Waals surface area contributed by atoms with E-state index in [2.05, 4.69) is 60.2 Å². The van der Waals surface area contributed by atoms with Crippen LogP contribution in [0, 0.1) is 6.92 Å². The van der Waals surface area contributed by atoms with Crippen LogP contribution in [0.25, 0.3) is 0 Å². The second-order valence-electron chi connectivity index (χ2n) is 10.1. The van der Waals surface area contributed by atoms with E-state index >= 15 is 0 Å². The van der Waals surface area contributed by atoms with E-state index in [-0.39, 0.29) is 11.9 Å². The number of amides is 1. The van der Waals surface area contributed by atoms with Crippen molar-refractivity contribution in [2.75, 3.05) is 37.8 Å². The molecular formula is C25H42N2O2S. The number of aryl methyl sites for hydroxylation is 1. The lowest BCUT2D eigenvalue weighted by molar-refractivity contribution is -0.136. The lowest BCUT2D eigenvalue weighted by Crippen LogP contribution is -2.58. The Morgan fingerprint density at radius 1 is 1.13 bits per heavy atom. The van der Waals surface area contributed by atoms with E-state index in [9.17, 15) is 4.79 Å². The molecule has 0 radical (unpaired) electrons. The Kier molecular flexibility index (Phi) is 8.28. The van der Waals surface area contributed by atoms with Crippen LogP contribution in [0.4, 0.5) is 0 Å². The topological polar surface area (TPSA) is 41.6 Å². The van der Waals surface area contributed by atoms with Crippen LogP contribution in [0.2, 0.25) is 0 Å². The number of hydrogen-bond acceptors (Lipinski definition) is 3. The van der Waals surface area contributed by atoms with E-state index in [0.29, 0.717) is 24.7 Å². The van der Waals surface area contributed by atoms with E-state index in [1.165, 1.54) is 24.0 Å². The molecule has 5 heteroatoms. The number of hydrogen-bond donors (Lipinski definition) is 1. The van der Waals surface area contributed by atoms with Crippen molar-refractivity contribution in [1.82, 2.24) is 10.2 Å². The molecule has 2 atom stereocenters. The van der Waals surface area contributed by atoms with Crippen molar-refractivity contribution >= 4 is 15.9 Å². The number of nitrogens with one attached hydrogen (secondary N) is 1. The highest BCUT2D eigenvalue weighted by Crippen LogP contribution is 2.36. The Morgan fingerprint density at radius 3 is 2.47 bits per heavy atom. The van der Waals surface area contributed by atoms with Gasteiger partial charge in [0.1, 0.15) is 0 Å². The third-order valence-electron chi connectivity index (χ3n) is 6.77. The highest BCUT2D eigenvalue weighted by atomic mass is 32.3. The van der Waals surface area contributed by atoms with Crippen molar-refractivity contribution in [2.24, 2.45) is 0 Å². The monoisotopic (exact) mass is 434 g/mol. The van der Waals surface area contributed by atoms with Crippen molar-refractivity contribution in [3.8, 4) is 0 Å². The Balaban J connectivity index is 1.55. The molecule has 30 heavy (non-hydrogen) atoms. The molecule has 2 fully saturated rings. The molecule has 1 heterocycles. The molecule has 1 aliphatic carbocycles. The standard InChI is InChI=1S/C25H42N2O2S/c1-19-9-6-7-10-23(19)21-12-14-22(15-13-21)29-17-25-24(26-18-30(3,4)5)11-8-16-27(25)20(2)28/h6-7,9-10,21-22,24-26H,8,11-18H2,1-5H3/t21?,22?,24-,25-/m0/s1. The van der Waals surface area contributed by atoms with Gasteiger partial charge >= 0.3 is 0 Å². The first-order valence-corrected chi connectivity index (χ1v) is 14.6. The average molecular weight is 435 g/mol. The molecule has 170 valence electrons. The summed E-state index contributed by atoms with van der Waals surface area (Å²) in [5, 5.41) is 3.78.